The minimum absolute atomic E-state index is 0.188. The highest BCUT2D eigenvalue weighted by molar-refractivity contribution is 5.47. The van der Waals surface area contributed by atoms with Crippen molar-refractivity contribution in [2.45, 2.75) is 26.9 Å². The predicted molar refractivity (Wildman–Crippen MR) is 86.9 cm³/mol. The third-order valence-electron chi connectivity index (χ3n) is 3.60. The summed E-state index contributed by atoms with van der Waals surface area (Å²) in [6.07, 6.45) is 0. The second-order valence-corrected chi connectivity index (χ2v) is 5.04. The molecule has 1 N–H and O–H groups in total. The summed E-state index contributed by atoms with van der Waals surface area (Å²) in [5.74, 6) is -0.188. The van der Waals surface area contributed by atoms with Crippen molar-refractivity contribution in [2.24, 2.45) is 0 Å². The number of nitrogens with zero attached hydrogens (tertiary/aromatic N) is 1. The molecule has 0 aliphatic carbocycles. The molecule has 0 fully saturated rings. The number of rotatable bonds is 7. The lowest BCUT2D eigenvalue weighted by atomic mass is 10.1. The molecule has 0 aromatic heterocycles. The third kappa shape index (κ3) is 4.30. The smallest absolute Gasteiger partial charge is 0.125 e. The SMILES string of the molecule is CCNCc1ccccc1CN(CC)c1cccc(F)c1. The Labute approximate surface area is 126 Å². The highest BCUT2D eigenvalue weighted by Crippen LogP contribution is 2.20. The Kier molecular flexibility index (Phi) is 5.76. The summed E-state index contributed by atoms with van der Waals surface area (Å²) in [5, 5.41) is 3.37. The highest BCUT2D eigenvalue weighted by atomic mass is 19.1. The molecule has 21 heavy (non-hydrogen) atoms. The van der Waals surface area contributed by atoms with E-state index in [0.29, 0.717) is 0 Å². The van der Waals surface area contributed by atoms with Crippen molar-refractivity contribution in [3.8, 4) is 0 Å². The van der Waals surface area contributed by atoms with Gasteiger partial charge in [0.1, 0.15) is 5.82 Å². The zero-order valence-corrected chi connectivity index (χ0v) is 12.8. The summed E-state index contributed by atoms with van der Waals surface area (Å²) in [6.45, 7) is 7.66. The van der Waals surface area contributed by atoms with Crippen LogP contribution in [0.15, 0.2) is 48.5 Å². The Hall–Kier alpha value is -1.87. The largest absolute Gasteiger partial charge is 0.367 e. The molecule has 0 saturated heterocycles. The number of anilines is 1. The molecule has 0 atom stereocenters. The van der Waals surface area contributed by atoms with Crippen LogP contribution in [0.1, 0.15) is 25.0 Å². The number of halogens is 1. The van der Waals surface area contributed by atoms with E-state index in [-0.39, 0.29) is 5.82 Å². The van der Waals surface area contributed by atoms with E-state index in [1.54, 1.807) is 12.1 Å². The lowest BCUT2D eigenvalue weighted by Gasteiger charge is -2.24. The number of benzene rings is 2. The van der Waals surface area contributed by atoms with Gasteiger partial charge in [-0.25, -0.2) is 4.39 Å². The van der Waals surface area contributed by atoms with Crippen molar-refractivity contribution in [1.29, 1.82) is 0 Å². The standard InChI is InChI=1S/C18H23FN2/c1-3-20-13-15-8-5-6-9-16(15)14-21(4-2)18-11-7-10-17(19)12-18/h5-12,20H,3-4,13-14H2,1-2H3. The van der Waals surface area contributed by atoms with Gasteiger partial charge in [-0.2, -0.15) is 0 Å². The molecule has 0 bridgehead atoms. The van der Waals surface area contributed by atoms with Crippen molar-refractivity contribution >= 4 is 5.69 Å². The van der Waals surface area contributed by atoms with Crippen molar-refractivity contribution in [3.63, 3.8) is 0 Å². The summed E-state index contributed by atoms with van der Waals surface area (Å²) in [6, 6.07) is 15.2. The summed E-state index contributed by atoms with van der Waals surface area (Å²) < 4.78 is 13.4. The normalized spacial score (nSPS) is 10.6. The lowest BCUT2D eigenvalue weighted by molar-refractivity contribution is 0.626. The van der Waals surface area contributed by atoms with E-state index < -0.39 is 0 Å². The van der Waals surface area contributed by atoms with Crippen LogP contribution in [0.2, 0.25) is 0 Å². The molecule has 0 heterocycles. The molecule has 0 radical (unpaired) electrons. The van der Waals surface area contributed by atoms with Crippen LogP contribution in [-0.2, 0) is 13.1 Å². The quantitative estimate of drug-likeness (QED) is 0.828. The number of hydrogen-bond donors (Lipinski definition) is 1. The summed E-state index contributed by atoms with van der Waals surface area (Å²) in [4.78, 5) is 2.19. The zero-order valence-electron chi connectivity index (χ0n) is 12.8. The van der Waals surface area contributed by atoms with Gasteiger partial charge in [0.2, 0.25) is 0 Å². The minimum atomic E-state index is -0.188. The molecule has 2 nitrogen and oxygen atoms in total. The van der Waals surface area contributed by atoms with Crippen molar-refractivity contribution in [1.82, 2.24) is 5.32 Å². The molecular weight excluding hydrogens is 263 g/mol. The Morgan fingerprint density at radius 3 is 2.43 bits per heavy atom. The van der Waals surface area contributed by atoms with Crippen LogP contribution in [-0.4, -0.2) is 13.1 Å². The Morgan fingerprint density at radius 2 is 1.76 bits per heavy atom. The molecule has 0 unspecified atom stereocenters. The first-order valence-electron chi connectivity index (χ1n) is 7.52. The van der Waals surface area contributed by atoms with E-state index in [1.807, 2.05) is 6.07 Å². The van der Waals surface area contributed by atoms with E-state index in [9.17, 15) is 4.39 Å². The average molecular weight is 286 g/mol. The van der Waals surface area contributed by atoms with Gasteiger partial charge in [0.05, 0.1) is 0 Å². The van der Waals surface area contributed by atoms with Gasteiger partial charge in [-0.1, -0.05) is 37.3 Å². The molecule has 0 amide bonds. The molecule has 2 rings (SSSR count). The average Bonchev–Trinajstić information content (AvgIpc) is 2.51. The summed E-state index contributed by atoms with van der Waals surface area (Å²) >= 11 is 0. The van der Waals surface area contributed by atoms with Gasteiger partial charge in [-0.3, -0.25) is 0 Å². The summed E-state index contributed by atoms with van der Waals surface area (Å²) in [5.41, 5.74) is 3.51. The fourth-order valence-electron chi connectivity index (χ4n) is 2.41. The molecule has 3 heteroatoms. The topological polar surface area (TPSA) is 15.3 Å². The van der Waals surface area contributed by atoms with Crippen LogP contribution < -0.4 is 10.2 Å². The number of nitrogens with one attached hydrogen (secondary N) is 1. The molecule has 0 spiro atoms. The fraction of sp³-hybridized carbons (Fsp3) is 0.333. The second-order valence-electron chi connectivity index (χ2n) is 5.04. The maximum absolute atomic E-state index is 13.4. The summed E-state index contributed by atoms with van der Waals surface area (Å²) in [7, 11) is 0. The first-order chi connectivity index (χ1) is 10.2. The van der Waals surface area contributed by atoms with Crippen molar-refractivity contribution < 1.29 is 4.39 Å². The lowest BCUT2D eigenvalue weighted by Crippen LogP contribution is -2.23. The van der Waals surface area contributed by atoms with Gasteiger partial charge >= 0.3 is 0 Å². The molecule has 0 saturated carbocycles. The Balaban J connectivity index is 2.18. The van der Waals surface area contributed by atoms with Crippen LogP contribution >= 0.6 is 0 Å². The predicted octanol–water partition coefficient (Wildman–Crippen LogP) is 3.96. The van der Waals surface area contributed by atoms with Crippen LogP contribution in [0.5, 0.6) is 0 Å². The van der Waals surface area contributed by atoms with Crippen molar-refractivity contribution in [2.75, 3.05) is 18.0 Å². The van der Waals surface area contributed by atoms with Crippen LogP contribution in [0.3, 0.4) is 0 Å². The Bertz CT molecular complexity index is 569. The number of hydrogen-bond acceptors (Lipinski definition) is 2. The van der Waals surface area contributed by atoms with Crippen LogP contribution in [0.25, 0.3) is 0 Å². The van der Waals surface area contributed by atoms with E-state index in [2.05, 4.69) is 48.3 Å². The Morgan fingerprint density at radius 1 is 1.00 bits per heavy atom. The minimum Gasteiger partial charge on any atom is -0.367 e. The molecule has 0 aliphatic heterocycles. The van der Waals surface area contributed by atoms with Crippen LogP contribution in [0, 0.1) is 5.82 Å². The molecule has 112 valence electrons. The van der Waals surface area contributed by atoms with Crippen molar-refractivity contribution in [3.05, 3.63) is 65.5 Å². The highest BCUT2D eigenvalue weighted by Gasteiger charge is 2.09. The van der Waals surface area contributed by atoms with Gasteiger partial charge in [0.25, 0.3) is 0 Å². The van der Waals surface area contributed by atoms with Crippen LogP contribution in [0.4, 0.5) is 10.1 Å². The zero-order chi connectivity index (χ0) is 15.1. The van der Waals surface area contributed by atoms with Gasteiger partial charge < -0.3 is 10.2 Å². The van der Waals surface area contributed by atoms with Gasteiger partial charge in [0, 0.05) is 25.3 Å². The molecule has 2 aromatic rings. The maximum atomic E-state index is 13.4. The third-order valence-corrected chi connectivity index (χ3v) is 3.60. The fourth-order valence-corrected chi connectivity index (χ4v) is 2.41. The van der Waals surface area contributed by atoms with E-state index in [0.717, 1.165) is 31.9 Å². The van der Waals surface area contributed by atoms with E-state index in [1.165, 1.54) is 17.2 Å². The van der Waals surface area contributed by atoms with E-state index in [4.69, 9.17) is 0 Å². The monoisotopic (exact) mass is 286 g/mol. The molecule has 2 aromatic carbocycles. The molecule has 0 aliphatic rings. The van der Waals surface area contributed by atoms with Gasteiger partial charge in [-0.05, 0) is 42.8 Å². The van der Waals surface area contributed by atoms with Gasteiger partial charge in [-0.15, -0.1) is 0 Å². The second kappa shape index (κ2) is 7.79. The van der Waals surface area contributed by atoms with Gasteiger partial charge in [0.15, 0.2) is 0 Å². The van der Waals surface area contributed by atoms with E-state index >= 15 is 0 Å². The molecular formula is C18H23FN2. The first kappa shape index (κ1) is 15.5. The first-order valence-corrected chi connectivity index (χ1v) is 7.52. The maximum Gasteiger partial charge on any atom is 0.125 e.